The first kappa shape index (κ1) is 20.2. The van der Waals surface area contributed by atoms with Crippen molar-refractivity contribution in [3.63, 3.8) is 0 Å². The molecule has 0 fully saturated rings. The maximum absolute atomic E-state index is 13.0. The van der Waals surface area contributed by atoms with Crippen LogP contribution in [0.3, 0.4) is 0 Å². The van der Waals surface area contributed by atoms with E-state index in [4.69, 9.17) is 16.3 Å². The molecule has 0 radical (unpaired) electrons. The quantitative estimate of drug-likeness (QED) is 0.336. The third-order valence-corrected chi connectivity index (χ3v) is 5.40. The minimum atomic E-state index is -4.37. The third kappa shape index (κ3) is 3.73. The van der Waals surface area contributed by atoms with Gasteiger partial charge >= 0.3 is 6.18 Å². The second kappa shape index (κ2) is 7.65. The van der Waals surface area contributed by atoms with Crippen LogP contribution in [-0.4, -0.2) is 12.1 Å². The fourth-order valence-electron chi connectivity index (χ4n) is 3.49. The Labute approximate surface area is 176 Å². The molecule has 4 aromatic rings. The highest BCUT2D eigenvalue weighted by Crippen LogP contribution is 2.38. The third-order valence-electron chi connectivity index (χ3n) is 5.01. The van der Waals surface area contributed by atoms with Crippen molar-refractivity contribution in [1.29, 1.82) is 0 Å². The van der Waals surface area contributed by atoms with E-state index in [0.717, 1.165) is 39.9 Å². The number of rotatable bonds is 3. The van der Waals surface area contributed by atoms with Crippen LogP contribution in [0.15, 0.2) is 66.7 Å². The number of aryl methyl sites for hydroxylation is 1. The molecule has 0 aliphatic heterocycles. The van der Waals surface area contributed by atoms with E-state index in [0.29, 0.717) is 21.9 Å². The highest BCUT2D eigenvalue weighted by Gasteiger charge is 2.30. The summed E-state index contributed by atoms with van der Waals surface area (Å²) in [6, 6.07) is 18.1. The average molecular weight is 428 g/mol. The van der Waals surface area contributed by atoms with Crippen LogP contribution >= 0.6 is 11.6 Å². The molecule has 6 heteroatoms. The van der Waals surface area contributed by atoms with Crippen LogP contribution < -0.4 is 4.74 Å². The summed E-state index contributed by atoms with van der Waals surface area (Å²) in [6.07, 6.45) is -4.37. The van der Waals surface area contributed by atoms with Crippen LogP contribution in [0, 0.1) is 6.92 Å². The smallest absolute Gasteiger partial charge is 0.416 e. The van der Waals surface area contributed by atoms with E-state index in [1.165, 1.54) is 6.07 Å². The zero-order valence-corrected chi connectivity index (χ0v) is 17.0. The first-order valence-electron chi connectivity index (χ1n) is 9.20. The molecule has 0 aliphatic carbocycles. The molecule has 0 aliphatic rings. The molecule has 0 amide bonds. The van der Waals surface area contributed by atoms with Gasteiger partial charge in [-0.1, -0.05) is 48.0 Å². The number of benzene rings is 3. The van der Waals surface area contributed by atoms with Gasteiger partial charge in [-0.3, -0.25) is 4.98 Å². The second-order valence-electron chi connectivity index (χ2n) is 6.93. The van der Waals surface area contributed by atoms with Gasteiger partial charge in [-0.05, 0) is 47.9 Å². The van der Waals surface area contributed by atoms with Gasteiger partial charge in [0.05, 0.1) is 23.2 Å². The number of nitrogens with zero attached hydrogens (tertiary/aromatic N) is 1. The SMILES string of the molecule is COc1ccc2c(Cl)c(-c3ccc(-c4cccc(C(F)(F)F)c4)cc3)c(C)nc2c1. The summed E-state index contributed by atoms with van der Waals surface area (Å²) in [5.74, 6) is 0.698. The molecule has 30 heavy (non-hydrogen) atoms. The van der Waals surface area contributed by atoms with E-state index in [1.807, 2.05) is 37.3 Å². The fraction of sp³-hybridized carbons (Fsp3) is 0.125. The highest BCUT2D eigenvalue weighted by molar-refractivity contribution is 6.38. The summed E-state index contributed by atoms with van der Waals surface area (Å²) in [5, 5.41) is 1.38. The Balaban J connectivity index is 1.75. The van der Waals surface area contributed by atoms with Crippen molar-refractivity contribution in [3.05, 3.63) is 83.0 Å². The van der Waals surface area contributed by atoms with Crippen molar-refractivity contribution in [3.8, 4) is 28.0 Å². The van der Waals surface area contributed by atoms with Gasteiger partial charge in [-0.15, -0.1) is 0 Å². The number of fused-ring (bicyclic) bond motifs is 1. The largest absolute Gasteiger partial charge is 0.497 e. The Bertz CT molecular complexity index is 1230. The van der Waals surface area contributed by atoms with Gasteiger partial charge < -0.3 is 4.74 Å². The number of hydrogen-bond acceptors (Lipinski definition) is 2. The van der Waals surface area contributed by atoms with E-state index >= 15 is 0 Å². The van der Waals surface area contributed by atoms with Crippen LogP contribution in [0.1, 0.15) is 11.3 Å². The van der Waals surface area contributed by atoms with Crippen LogP contribution in [0.25, 0.3) is 33.2 Å². The molecule has 0 unspecified atom stereocenters. The summed E-state index contributed by atoms with van der Waals surface area (Å²) in [7, 11) is 1.59. The predicted molar refractivity (Wildman–Crippen MR) is 114 cm³/mol. The number of halogens is 4. The van der Waals surface area contributed by atoms with Gasteiger partial charge in [-0.25, -0.2) is 0 Å². The first-order valence-corrected chi connectivity index (χ1v) is 9.57. The van der Waals surface area contributed by atoms with Crippen molar-refractivity contribution >= 4 is 22.5 Å². The molecule has 1 heterocycles. The van der Waals surface area contributed by atoms with Gasteiger partial charge in [0.25, 0.3) is 0 Å². The molecule has 0 bridgehead atoms. The van der Waals surface area contributed by atoms with Crippen molar-refractivity contribution in [1.82, 2.24) is 4.98 Å². The molecule has 0 saturated carbocycles. The number of alkyl halides is 3. The molecular weight excluding hydrogens is 411 g/mol. The van der Waals surface area contributed by atoms with E-state index in [-0.39, 0.29) is 0 Å². The summed E-state index contributed by atoms with van der Waals surface area (Å²) < 4.78 is 44.3. The van der Waals surface area contributed by atoms with Crippen LogP contribution in [0.2, 0.25) is 5.02 Å². The Morgan fingerprint density at radius 1 is 0.867 bits per heavy atom. The summed E-state index contributed by atoms with van der Waals surface area (Å²) in [5.41, 5.74) is 3.66. The van der Waals surface area contributed by atoms with Crippen LogP contribution in [0.5, 0.6) is 5.75 Å². The molecule has 4 rings (SSSR count). The van der Waals surface area contributed by atoms with E-state index < -0.39 is 11.7 Å². The maximum Gasteiger partial charge on any atom is 0.416 e. The zero-order chi connectivity index (χ0) is 21.5. The van der Waals surface area contributed by atoms with E-state index in [9.17, 15) is 13.2 Å². The fourth-order valence-corrected chi connectivity index (χ4v) is 3.89. The summed E-state index contributed by atoms with van der Waals surface area (Å²) in [4.78, 5) is 4.65. The Morgan fingerprint density at radius 2 is 1.57 bits per heavy atom. The lowest BCUT2D eigenvalue weighted by molar-refractivity contribution is -0.137. The van der Waals surface area contributed by atoms with Gasteiger partial charge in [0.2, 0.25) is 0 Å². The standard InChI is InChI=1S/C24H17ClF3NO/c1-14-22(23(25)20-11-10-19(30-2)13-21(20)29-14)16-8-6-15(7-9-16)17-4-3-5-18(12-17)24(26,27)28/h3-13H,1-2H3. The van der Waals surface area contributed by atoms with Crippen molar-refractivity contribution in [2.75, 3.05) is 7.11 Å². The number of aromatic nitrogens is 1. The minimum Gasteiger partial charge on any atom is -0.497 e. The molecule has 0 saturated heterocycles. The molecule has 3 aromatic carbocycles. The maximum atomic E-state index is 13.0. The first-order chi connectivity index (χ1) is 14.3. The minimum absolute atomic E-state index is 0.503. The molecule has 1 aromatic heterocycles. The molecular formula is C24H17ClF3NO. The second-order valence-corrected chi connectivity index (χ2v) is 7.30. The van der Waals surface area contributed by atoms with Crippen molar-refractivity contribution in [2.45, 2.75) is 13.1 Å². The normalized spacial score (nSPS) is 11.7. The molecule has 0 N–H and O–H groups in total. The van der Waals surface area contributed by atoms with Gasteiger partial charge in [0, 0.05) is 22.7 Å². The topological polar surface area (TPSA) is 22.1 Å². The Kier molecular flexibility index (Phi) is 5.16. The zero-order valence-electron chi connectivity index (χ0n) is 16.2. The van der Waals surface area contributed by atoms with E-state index in [1.54, 1.807) is 25.3 Å². The molecule has 2 nitrogen and oxygen atoms in total. The summed E-state index contributed by atoms with van der Waals surface area (Å²) in [6.45, 7) is 1.88. The number of pyridine rings is 1. The summed E-state index contributed by atoms with van der Waals surface area (Å²) >= 11 is 6.70. The van der Waals surface area contributed by atoms with Crippen LogP contribution in [0.4, 0.5) is 13.2 Å². The van der Waals surface area contributed by atoms with Crippen LogP contribution in [-0.2, 0) is 6.18 Å². The van der Waals surface area contributed by atoms with Gasteiger partial charge in [0.1, 0.15) is 5.75 Å². The van der Waals surface area contributed by atoms with Crippen molar-refractivity contribution < 1.29 is 17.9 Å². The highest BCUT2D eigenvalue weighted by atomic mass is 35.5. The number of hydrogen-bond donors (Lipinski definition) is 0. The van der Waals surface area contributed by atoms with Gasteiger partial charge in [-0.2, -0.15) is 13.2 Å². The average Bonchev–Trinajstić information content (AvgIpc) is 2.73. The van der Waals surface area contributed by atoms with E-state index in [2.05, 4.69) is 4.98 Å². The number of ether oxygens (including phenoxy) is 1. The van der Waals surface area contributed by atoms with Gasteiger partial charge in [0.15, 0.2) is 0 Å². The Morgan fingerprint density at radius 3 is 2.23 bits per heavy atom. The molecule has 0 spiro atoms. The monoisotopic (exact) mass is 427 g/mol. The predicted octanol–water partition coefficient (Wildman–Crippen LogP) is 7.56. The molecule has 152 valence electrons. The number of methoxy groups -OCH3 is 1. The Hall–Kier alpha value is -3.05. The lowest BCUT2D eigenvalue weighted by Crippen LogP contribution is -2.04. The lowest BCUT2D eigenvalue weighted by Gasteiger charge is -2.13. The molecule has 0 atom stereocenters. The van der Waals surface area contributed by atoms with Crippen molar-refractivity contribution in [2.24, 2.45) is 0 Å². The lowest BCUT2D eigenvalue weighted by atomic mass is 9.97.